The Balaban J connectivity index is 2.16. The number of alkyl halides is 3. The summed E-state index contributed by atoms with van der Waals surface area (Å²) in [5.74, 6) is -0.366. The first-order valence-electron chi connectivity index (χ1n) is 7.31. The average molecular weight is 314 g/mol. The fraction of sp³-hybridized carbons (Fsp3) is 0.562. The number of hydrazine groups is 1. The van der Waals surface area contributed by atoms with Gasteiger partial charge in [-0.1, -0.05) is 29.8 Å². The minimum atomic E-state index is -4.39. The zero-order valence-corrected chi connectivity index (χ0v) is 13.0. The summed E-state index contributed by atoms with van der Waals surface area (Å²) in [6, 6.07) is 5.79. The number of nitrogens with one attached hydrogen (secondary N) is 1. The van der Waals surface area contributed by atoms with Crippen molar-refractivity contribution in [3.8, 4) is 0 Å². The molecule has 0 saturated carbocycles. The molecular formula is C16H21F3N2O. The number of hydrogen-bond donors (Lipinski definition) is 1. The first-order chi connectivity index (χ1) is 10.1. The number of rotatable bonds is 4. The number of aryl methyl sites for hydroxylation is 2. The number of amides is 1. The van der Waals surface area contributed by atoms with Crippen LogP contribution < -0.4 is 5.43 Å². The molecule has 1 aromatic carbocycles. The fourth-order valence-electron chi connectivity index (χ4n) is 2.91. The summed E-state index contributed by atoms with van der Waals surface area (Å²) in [4.78, 5) is 11.5. The van der Waals surface area contributed by atoms with Crippen LogP contribution in [0.5, 0.6) is 0 Å². The maximum atomic E-state index is 13.4. The van der Waals surface area contributed by atoms with Crippen LogP contribution in [-0.4, -0.2) is 28.7 Å². The molecule has 22 heavy (non-hydrogen) atoms. The van der Waals surface area contributed by atoms with Crippen LogP contribution in [0, 0.1) is 6.92 Å². The normalized spacial score (nSPS) is 20.0. The lowest BCUT2D eigenvalue weighted by molar-refractivity contribution is -0.202. The molecule has 0 spiro atoms. The van der Waals surface area contributed by atoms with E-state index in [1.165, 1.54) is 0 Å². The number of carbonyl (C=O) groups is 1. The van der Waals surface area contributed by atoms with Gasteiger partial charge in [-0.05, 0) is 39.2 Å². The Kier molecular flexibility index (Phi) is 4.52. The largest absolute Gasteiger partial charge is 0.405 e. The molecule has 1 N–H and O–H groups in total. The van der Waals surface area contributed by atoms with Gasteiger partial charge in [0.2, 0.25) is 5.91 Å². The van der Waals surface area contributed by atoms with Gasteiger partial charge in [-0.3, -0.25) is 10.2 Å². The first kappa shape index (κ1) is 16.8. The van der Waals surface area contributed by atoms with Crippen molar-refractivity contribution in [3.05, 3.63) is 35.4 Å². The number of halogens is 3. The number of carbonyl (C=O) groups excluding carboxylic acids is 1. The van der Waals surface area contributed by atoms with Gasteiger partial charge < -0.3 is 0 Å². The van der Waals surface area contributed by atoms with E-state index in [-0.39, 0.29) is 18.7 Å². The van der Waals surface area contributed by atoms with E-state index in [1.807, 2.05) is 31.2 Å². The van der Waals surface area contributed by atoms with E-state index in [0.29, 0.717) is 6.42 Å². The Hall–Kier alpha value is -1.56. The molecule has 1 heterocycles. The third-order valence-corrected chi connectivity index (χ3v) is 3.97. The molecule has 6 heteroatoms. The van der Waals surface area contributed by atoms with Crippen molar-refractivity contribution >= 4 is 5.91 Å². The third-order valence-electron chi connectivity index (χ3n) is 3.97. The molecule has 1 aromatic rings. The molecule has 0 aromatic heterocycles. The lowest BCUT2D eigenvalue weighted by Crippen LogP contribution is -2.56. The van der Waals surface area contributed by atoms with Crippen LogP contribution in [0.25, 0.3) is 0 Å². The number of hydrogen-bond acceptors (Lipinski definition) is 2. The van der Waals surface area contributed by atoms with Gasteiger partial charge in [0.05, 0.1) is 0 Å². The molecule has 1 unspecified atom stereocenters. The molecule has 1 atom stereocenters. The van der Waals surface area contributed by atoms with E-state index >= 15 is 0 Å². The molecule has 122 valence electrons. The molecule has 1 saturated heterocycles. The second-order valence-electron chi connectivity index (χ2n) is 6.48. The molecule has 2 rings (SSSR count). The van der Waals surface area contributed by atoms with E-state index in [1.54, 1.807) is 13.8 Å². The predicted molar refractivity (Wildman–Crippen MR) is 78.0 cm³/mol. The van der Waals surface area contributed by atoms with E-state index in [0.717, 1.165) is 16.1 Å². The Morgan fingerprint density at radius 3 is 2.55 bits per heavy atom. The lowest BCUT2D eigenvalue weighted by atomic mass is 9.97. The van der Waals surface area contributed by atoms with Crippen molar-refractivity contribution in [3.63, 3.8) is 0 Å². The summed E-state index contributed by atoms with van der Waals surface area (Å²) in [6.45, 7) is 5.21. The summed E-state index contributed by atoms with van der Waals surface area (Å²) in [5.41, 5.74) is 3.43. The average Bonchev–Trinajstić information content (AvgIpc) is 2.61. The van der Waals surface area contributed by atoms with Crippen molar-refractivity contribution in [1.82, 2.24) is 10.4 Å². The van der Waals surface area contributed by atoms with Crippen molar-refractivity contribution < 1.29 is 18.0 Å². The van der Waals surface area contributed by atoms with Crippen molar-refractivity contribution in [2.24, 2.45) is 0 Å². The van der Waals surface area contributed by atoms with Gasteiger partial charge in [-0.15, -0.1) is 0 Å². The standard InChI is InChI=1S/C16H21F3N2O/c1-11-5-4-6-12(9-11)7-8-13(16(17,18)19)21-15(2,3)10-14(22)20-21/h4-6,9,13H,7-8,10H2,1-3H3,(H,20,22). The monoisotopic (exact) mass is 314 g/mol. The van der Waals surface area contributed by atoms with Crippen molar-refractivity contribution in [2.45, 2.75) is 57.8 Å². The molecule has 3 nitrogen and oxygen atoms in total. The summed E-state index contributed by atoms with van der Waals surface area (Å²) in [6.07, 6.45) is -4.09. The van der Waals surface area contributed by atoms with Gasteiger partial charge in [0.1, 0.15) is 6.04 Å². The van der Waals surface area contributed by atoms with Crippen LogP contribution >= 0.6 is 0 Å². The molecule has 1 aliphatic heterocycles. The minimum absolute atomic E-state index is 0.0734. The predicted octanol–water partition coefficient (Wildman–Crippen LogP) is 3.37. The maximum Gasteiger partial charge on any atom is 0.405 e. The van der Waals surface area contributed by atoms with Crippen molar-refractivity contribution in [1.29, 1.82) is 0 Å². The summed E-state index contributed by atoms with van der Waals surface area (Å²) < 4.78 is 40.3. The lowest BCUT2D eigenvalue weighted by Gasteiger charge is -2.37. The molecule has 1 aliphatic rings. The molecular weight excluding hydrogens is 293 g/mol. The van der Waals surface area contributed by atoms with Crippen LogP contribution in [-0.2, 0) is 11.2 Å². The van der Waals surface area contributed by atoms with E-state index in [4.69, 9.17) is 0 Å². The van der Waals surface area contributed by atoms with Gasteiger partial charge in [0, 0.05) is 12.0 Å². The highest BCUT2D eigenvalue weighted by molar-refractivity contribution is 5.78. The highest BCUT2D eigenvalue weighted by Crippen LogP contribution is 2.35. The van der Waals surface area contributed by atoms with E-state index < -0.39 is 17.8 Å². The Labute approximate surface area is 128 Å². The highest BCUT2D eigenvalue weighted by atomic mass is 19.4. The molecule has 1 amide bonds. The fourth-order valence-corrected chi connectivity index (χ4v) is 2.91. The maximum absolute atomic E-state index is 13.4. The summed E-state index contributed by atoms with van der Waals surface area (Å²) >= 11 is 0. The van der Waals surface area contributed by atoms with E-state index in [9.17, 15) is 18.0 Å². The van der Waals surface area contributed by atoms with Crippen LogP contribution in [0.1, 0.15) is 37.8 Å². The minimum Gasteiger partial charge on any atom is -0.288 e. The topological polar surface area (TPSA) is 32.3 Å². The van der Waals surface area contributed by atoms with Crippen LogP contribution in [0.3, 0.4) is 0 Å². The van der Waals surface area contributed by atoms with Crippen LogP contribution in [0.2, 0.25) is 0 Å². The van der Waals surface area contributed by atoms with Gasteiger partial charge >= 0.3 is 6.18 Å². The van der Waals surface area contributed by atoms with Crippen LogP contribution in [0.4, 0.5) is 13.2 Å². The van der Waals surface area contributed by atoms with Crippen molar-refractivity contribution in [2.75, 3.05) is 0 Å². The molecule has 0 radical (unpaired) electrons. The van der Waals surface area contributed by atoms with E-state index in [2.05, 4.69) is 5.43 Å². The summed E-state index contributed by atoms with van der Waals surface area (Å²) in [5, 5.41) is 1.07. The quantitative estimate of drug-likeness (QED) is 0.924. The van der Waals surface area contributed by atoms with Gasteiger partial charge in [0.15, 0.2) is 0 Å². The second-order valence-corrected chi connectivity index (χ2v) is 6.48. The zero-order chi connectivity index (χ0) is 16.5. The van der Waals surface area contributed by atoms with Gasteiger partial charge in [0.25, 0.3) is 0 Å². The summed E-state index contributed by atoms with van der Waals surface area (Å²) in [7, 11) is 0. The molecule has 0 bridgehead atoms. The van der Waals surface area contributed by atoms with Crippen LogP contribution in [0.15, 0.2) is 24.3 Å². The zero-order valence-electron chi connectivity index (χ0n) is 13.0. The molecule has 1 fully saturated rings. The first-order valence-corrected chi connectivity index (χ1v) is 7.31. The Morgan fingerprint density at radius 2 is 2.05 bits per heavy atom. The number of benzene rings is 1. The number of nitrogens with zero attached hydrogens (tertiary/aromatic N) is 1. The Morgan fingerprint density at radius 1 is 1.36 bits per heavy atom. The van der Waals surface area contributed by atoms with Gasteiger partial charge in [-0.25, -0.2) is 5.01 Å². The third kappa shape index (κ3) is 3.80. The smallest absolute Gasteiger partial charge is 0.288 e. The Bertz CT molecular complexity index is 555. The van der Waals surface area contributed by atoms with Gasteiger partial charge in [-0.2, -0.15) is 13.2 Å². The SMILES string of the molecule is Cc1cccc(CCC(N2NC(=O)CC2(C)C)C(F)(F)F)c1. The highest BCUT2D eigenvalue weighted by Gasteiger charge is 2.51. The molecule has 0 aliphatic carbocycles. The second kappa shape index (κ2) is 5.91.